The number of amides is 1. The van der Waals surface area contributed by atoms with E-state index in [9.17, 15) is 4.79 Å². The molecule has 0 unspecified atom stereocenters. The van der Waals surface area contributed by atoms with Crippen molar-refractivity contribution in [2.45, 2.75) is 20.4 Å². The molecule has 0 spiro atoms. The second-order valence-corrected chi connectivity index (χ2v) is 5.42. The lowest BCUT2D eigenvalue weighted by Crippen LogP contribution is -2.23. The molecule has 0 aliphatic carbocycles. The maximum absolute atomic E-state index is 12.1. The Kier molecular flexibility index (Phi) is 4.35. The summed E-state index contributed by atoms with van der Waals surface area (Å²) < 4.78 is 1.79. The molecule has 2 rings (SSSR count). The van der Waals surface area contributed by atoms with Gasteiger partial charge >= 0.3 is 0 Å². The third-order valence-corrected chi connectivity index (χ3v) is 3.82. The van der Waals surface area contributed by atoms with Gasteiger partial charge in [0.25, 0.3) is 5.91 Å². The number of hydrogen-bond acceptors (Lipinski definition) is 2. The number of aryl methyl sites for hydroxylation is 2. The molecule has 0 saturated heterocycles. The van der Waals surface area contributed by atoms with E-state index in [-0.39, 0.29) is 5.91 Å². The fourth-order valence-corrected chi connectivity index (χ4v) is 2.38. The zero-order chi connectivity index (χ0) is 14.9. The summed E-state index contributed by atoms with van der Waals surface area (Å²) in [6.07, 6.45) is 0. The van der Waals surface area contributed by atoms with Crippen LogP contribution < -0.4 is 5.32 Å². The molecule has 1 aromatic carbocycles. The molecule has 6 heteroatoms. The van der Waals surface area contributed by atoms with Crippen LogP contribution in [0, 0.1) is 13.8 Å². The van der Waals surface area contributed by atoms with Gasteiger partial charge in [0.2, 0.25) is 0 Å². The second-order valence-electron chi connectivity index (χ2n) is 4.58. The largest absolute Gasteiger partial charge is 0.348 e. The lowest BCUT2D eigenvalue weighted by atomic mass is 10.1. The molecule has 0 aliphatic rings. The zero-order valence-electron chi connectivity index (χ0n) is 11.5. The van der Waals surface area contributed by atoms with Crippen LogP contribution >= 0.6 is 23.2 Å². The molecule has 1 N–H and O–H groups in total. The van der Waals surface area contributed by atoms with Crippen LogP contribution in [0.25, 0.3) is 0 Å². The third kappa shape index (κ3) is 2.97. The van der Waals surface area contributed by atoms with Crippen molar-refractivity contribution in [1.82, 2.24) is 15.1 Å². The van der Waals surface area contributed by atoms with E-state index >= 15 is 0 Å². The quantitative estimate of drug-likeness (QED) is 0.945. The first-order valence-electron chi connectivity index (χ1n) is 6.12. The first-order chi connectivity index (χ1) is 9.40. The topological polar surface area (TPSA) is 46.9 Å². The van der Waals surface area contributed by atoms with Gasteiger partial charge in [0.15, 0.2) is 0 Å². The Morgan fingerprint density at radius 1 is 1.35 bits per heavy atom. The van der Waals surface area contributed by atoms with Crippen molar-refractivity contribution in [1.29, 1.82) is 0 Å². The van der Waals surface area contributed by atoms with E-state index < -0.39 is 0 Å². The van der Waals surface area contributed by atoms with Gasteiger partial charge in [-0.15, -0.1) is 0 Å². The number of carbonyl (C=O) groups excluding carboxylic acids is 1. The Morgan fingerprint density at radius 3 is 2.65 bits per heavy atom. The fraction of sp³-hybridized carbons (Fsp3) is 0.286. The lowest BCUT2D eigenvalue weighted by Gasteiger charge is -2.07. The molecule has 106 valence electrons. The highest BCUT2D eigenvalue weighted by Crippen LogP contribution is 2.20. The molecule has 0 atom stereocenters. The summed E-state index contributed by atoms with van der Waals surface area (Å²) in [5, 5.41) is 8.02. The van der Waals surface area contributed by atoms with Gasteiger partial charge in [-0.25, -0.2) is 0 Å². The van der Waals surface area contributed by atoms with Crippen molar-refractivity contribution in [2.75, 3.05) is 0 Å². The van der Waals surface area contributed by atoms with E-state index in [0.717, 1.165) is 17.0 Å². The Balaban J connectivity index is 2.15. The summed E-state index contributed by atoms with van der Waals surface area (Å²) in [4.78, 5) is 12.1. The average Bonchev–Trinajstić information content (AvgIpc) is 2.64. The second kappa shape index (κ2) is 5.85. The highest BCUT2D eigenvalue weighted by atomic mass is 35.5. The van der Waals surface area contributed by atoms with Gasteiger partial charge in [-0.1, -0.05) is 23.2 Å². The average molecular weight is 312 g/mol. The van der Waals surface area contributed by atoms with Crippen LogP contribution in [-0.4, -0.2) is 15.7 Å². The molecule has 0 fully saturated rings. The van der Waals surface area contributed by atoms with Crippen LogP contribution in [0.1, 0.15) is 27.3 Å². The summed E-state index contributed by atoms with van der Waals surface area (Å²) >= 11 is 11.9. The van der Waals surface area contributed by atoms with E-state index in [2.05, 4.69) is 10.4 Å². The molecule has 4 nitrogen and oxygen atoms in total. The smallest absolute Gasteiger partial charge is 0.253 e. The minimum atomic E-state index is -0.250. The van der Waals surface area contributed by atoms with E-state index in [4.69, 9.17) is 23.2 Å². The number of nitrogens with zero attached hydrogens (tertiary/aromatic N) is 2. The maximum Gasteiger partial charge on any atom is 0.253 e. The van der Waals surface area contributed by atoms with Gasteiger partial charge in [0, 0.05) is 29.9 Å². The van der Waals surface area contributed by atoms with Crippen molar-refractivity contribution in [3.8, 4) is 0 Å². The number of halogens is 2. The maximum atomic E-state index is 12.1. The number of hydrogen-bond donors (Lipinski definition) is 1. The fourth-order valence-electron chi connectivity index (χ4n) is 2.01. The monoisotopic (exact) mass is 311 g/mol. The van der Waals surface area contributed by atoms with E-state index in [1.807, 2.05) is 20.9 Å². The van der Waals surface area contributed by atoms with Crippen LogP contribution in [0.15, 0.2) is 18.2 Å². The molecule has 0 bridgehead atoms. The van der Waals surface area contributed by atoms with Gasteiger partial charge in [0.05, 0.1) is 16.3 Å². The van der Waals surface area contributed by atoms with Gasteiger partial charge in [-0.05, 0) is 32.0 Å². The van der Waals surface area contributed by atoms with E-state index in [0.29, 0.717) is 22.2 Å². The molecular formula is C14H15Cl2N3O. The lowest BCUT2D eigenvalue weighted by molar-refractivity contribution is 0.0951. The van der Waals surface area contributed by atoms with Gasteiger partial charge in [0.1, 0.15) is 0 Å². The molecule has 0 radical (unpaired) electrons. The minimum Gasteiger partial charge on any atom is -0.348 e. The predicted molar refractivity (Wildman–Crippen MR) is 80.3 cm³/mol. The number of nitrogens with one attached hydrogen (secondary N) is 1. The first kappa shape index (κ1) is 14.9. The van der Waals surface area contributed by atoms with Crippen molar-refractivity contribution in [2.24, 2.45) is 7.05 Å². The Morgan fingerprint density at radius 2 is 2.05 bits per heavy atom. The third-order valence-electron chi connectivity index (χ3n) is 3.26. The number of benzene rings is 1. The number of aromatic nitrogens is 2. The summed E-state index contributed by atoms with van der Waals surface area (Å²) in [7, 11) is 1.88. The molecule has 0 saturated carbocycles. The van der Waals surface area contributed by atoms with Crippen LogP contribution in [0.3, 0.4) is 0 Å². The van der Waals surface area contributed by atoms with Crippen molar-refractivity contribution < 1.29 is 4.79 Å². The summed E-state index contributed by atoms with van der Waals surface area (Å²) in [5.74, 6) is -0.250. The van der Waals surface area contributed by atoms with Crippen LogP contribution in [-0.2, 0) is 13.6 Å². The Bertz CT molecular complexity index is 665. The van der Waals surface area contributed by atoms with E-state index in [1.54, 1.807) is 22.9 Å². The predicted octanol–water partition coefficient (Wildman–Crippen LogP) is 3.27. The molecule has 2 aromatic rings. The Labute approximate surface area is 127 Å². The zero-order valence-corrected chi connectivity index (χ0v) is 13.0. The summed E-state index contributed by atoms with van der Waals surface area (Å²) in [6, 6.07) is 4.82. The SMILES string of the molecule is Cc1nn(C)c(C)c1CNC(=O)c1cc(Cl)ccc1Cl. The number of rotatable bonds is 3. The minimum absolute atomic E-state index is 0.250. The highest BCUT2D eigenvalue weighted by molar-refractivity contribution is 6.35. The van der Waals surface area contributed by atoms with Crippen LogP contribution in [0.5, 0.6) is 0 Å². The Hall–Kier alpha value is -1.52. The van der Waals surface area contributed by atoms with Crippen molar-refractivity contribution in [3.63, 3.8) is 0 Å². The number of carbonyl (C=O) groups is 1. The standard InChI is InChI=1S/C14H15Cl2N3O/c1-8-12(9(2)19(3)18-8)7-17-14(20)11-6-10(15)4-5-13(11)16/h4-6H,7H2,1-3H3,(H,17,20). The highest BCUT2D eigenvalue weighted by Gasteiger charge is 2.14. The van der Waals surface area contributed by atoms with Gasteiger partial charge in [-0.2, -0.15) is 5.10 Å². The molecule has 1 aromatic heterocycles. The molecule has 20 heavy (non-hydrogen) atoms. The van der Waals surface area contributed by atoms with E-state index in [1.165, 1.54) is 0 Å². The van der Waals surface area contributed by atoms with Crippen molar-refractivity contribution in [3.05, 3.63) is 50.8 Å². The van der Waals surface area contributed by atoms with Crippen LogP contribution in [0.2, 0.25) is 10.0 Å². The normalized spacial score (nSPS) is 10.7. The molecule has 1 amide bonds. The molecule has 1 heterocycles. The molecule has 0 aliphatic heterocycles. The first-order valence-corrected chi connectivity index (χ1v) is 6.88. The molecular weight excluding hydrogens is 297 g/mol. The van der Waals surface area contributed by atoms with Gasteiger partial charge in [-0.3, -0.25) is 9.48 Å². The van der Waals surface area contributed by atoms with Gasteiger partial charge < -0.3 is 5.32 Å². The summed E-state index contributed by atoms with van der Waals surface area (Å²) in [5.41, 5.74) is 3.32. The van der Waals surface area contributed by atoms with Crippen molar-refractivity contribution >= 4 is 29.1 Å². The summed E-state index contributed by atoms with van der Waals surface area (Å²) in [6.45, 7) is 4.29. The van der Waals surface area contributed by atoms with Crippen LogP contribution in [0.4, 0.5) is 0 Å².